The minimum atomic E-state index is -0.461. The average Bonchev–Trinajstić information content (AvgIpc) is 2.69. The summed E-state index contributed by atoms with van der Waals surface area (Å²) >= 11 is 0. The summed E-state index contributed by atoms with van der Waals surface area (Å²) in [5, 5.41) is 4.28. The number of aromatic nitrogens is 2. The summed E-state index contributed by atoms with van der Waals surface area (Å²) in [7, 11) is 0. The lowest BCUT2D eigenvalue weighted by Gasteiger charge is -2.03. The minimum absolute atomic E-state index is 0.461. The summed E-state index contributed by atoms with van der Waals surface area (Å²) in [6.07, 6.45) is 4.71. The number of carbonyl (C=O) groups excluding carboxylic acids is 1. The number of para-hydroxylation sites is 1. The van der Waals surface area contributed by atoms with E-state index in [0.717, 1.165) is 16.9 Å². The molecule has 1 amide bonds. The molecular formula is C13H13N3O. The number of primary amides is 1. The third kappa shape index (κ3) is 2.42. The Bertz CT molecular complexity index is 555. The topological polar surface area (TPSA) is 60.9 Å². The number of rotatable bonds is 3. The van der Waals surface area contributed by atoms with Crippen molar-refractivity contribution in [2.45, 2.75) is 6.92 Å². The molecule has 1 heterocycles. The fourth-order valence-corrected chi connectivity index (χ4v) is 1.59. The quantitative estimate of drug-likeness (QED) is 0.811. The van der Waals surface area contributed by atoms with Gasteiger partial charge >= 0.3 is 0 Å². The predicted molar refractivity (Wildman–Crippen MR) is 66.5 cm³/mol. The van der Waals surface area contributed by atoms with Gasteiger partial charge in [0.25, 0.3) is 0 Å². The SMILES string of the molecule is Cc1c(/C=C\C(N)=O)cnn1-c1ccccc1. The zero-order valence-electron chi connectivity index (χ0n) is 9.50. The van der Waals surface area contributed by atoms with Crippen molar-refractivity contribution in [2.24, 2.45) is 5.73 Å². The highest BCUT2D eigenvalue weighted by Gasteiger charge is 2.05. The Morgan fingerprint density at radius 3 is 2.71 bits per heavy atom. The molecular weight excluding hydrogens is 214 g/mol. The normalized spacial score (nSPS) is 10.9. The Morgan fingerprint density at radius 1 is 1.35 bits per heavy atom. The van der Waals surface area contributed by atoms with Crippen molar-refractivity contribution in [3.8, 4) is 5.69 Å². The number of benzene rings is 1. The first-order valence-electron chi connectivity index (χ1n) is 5.26. The summed E-state index contributed by atoms with van der Waals surface area (Å²) in [5.74, 6) is -0.461. The van der Waals surface area contributed by atoms with Gasteiger partial charge < -0.3 is 5.73 Å². The third-order valence-electron chi connectivity index (χ3n) is 2.48. The first-order valence-corrected chi connectivity index (χ1v) is 5.26. The monoisotopic (exact) mass is 227 g/mol. The zero-order chi connectivity index (χ0) is 12.3. The summed E-state index contributed by atoms with van der Waals surface area (Å²) in [6.45, 7) is 1.95. The molecule has 4 heteroatoms. The van der Waals surface area contributed by atoms with E-state index in [1.807, 2.05) is 41.9 Å². The van der Waals surface area contributed by atoms with Crippen LogP contribution in [0.2, 0.25) is 0 Å². The fraction of sp³-hybridized carbons (Fsp3) is 0.0769. The molecule has 0 saturated heterocycles. The van der Waals surface area contributed by atoms with Crippen molar-refractivity contribution >= 4 is 12.0 Å². The Morgan fingerprint density at radius 2 is 2.06 bits per heavy atom. The van der Waals surface area contributed by atoms with Crippen LogP contribution in [0, 0.1) is 6.92 Å². The van der Waals surface area contributed by atoms with Crippen LogP contribution in [0.4, 0.5) is 0 Å². The van der Waals surface area contributed by atoms with Crippen LogP contribution < -0.4 is 5.73 Å². The van der Waals surface area contributed by atoms with E-state index in [1.165, 1.54) is 6.08 Å². The molecule has 1 aromatic heterocycles. The molecule has 0 spiro atoms. The largest absolute Gasteiger partial charge is 0.366 e. The number of amides is 1. The molecule has 0 aliphatic carbocycles. The standard InChI is InChI=1S/C13H13N3O/c1-10-11(7-8-13(14)17)9-15-16(10)12-5-3-2-4-6-12/h2-9H,1H3,(H2,14,17)/b8-7-. The number of nitrogens with zero attached hydrogens (tertiary/aromatic N) is 2. The van der Waals surface area contributed by atoms with E-state index in [1.54, 1.807) is 12.3 Å². The van der Waals surface area contributed by atoms with Crippen LogP contribution in [-0.2, 0) is 4.79 Å². The summed E-state index contributed by atoms with van der Waals surface area (Å²) < 4.78 is 1.82. The summed E-state index contributed by atoms with van der Waals surface area (Å²) in [4.78, 5) is 10.7. The molecule has 0 radical (unpaired) electrons. The summed E-state index contributed by atoms with van der Waals surface area (Å²) in [5.41, 5.74) is 7.89. The van der Waals surface area contributed by atoms with Gasteiger partial charge in [0.1, 0.15) is 0 Å². The maximum absolute atomic E-state index is 10.7. The molecule has 0 atom stereocenters. The minimum Gasteiger partial charge on any atom is -0.366 e. The van der Waals surface area contributed by atoms with Crippen LogP contribution >= 0.6 is 0 Å². The van der Waals surface area contributed by atoms with Crippen molar-refractivity contribution in [1.29, 1.82) is 0 Å². The van der Waals surface area contributed by atoms with E-state index in [4.69, 9.17) is 5.73 Å². The number of hydrogen-bond acceptors (Lipinski definition) is 2. The second-order valence-corrected chi connectivity index (χ2v) is 3.67. The molecule has 1 aromatic carbocycles. The van der Waals surface area contributed by atoms with Crippen molar-refractivity contribution in [3.05, 3.63) is 53.9 Å². The molecule has 17 heavy (non-hydrogen) atoms. The molecule has 0 aliphatic heterocycles. The molecule has 0 unspecified atom stereocenters. The predicted octanol–water partition coefficient (Wildman–Crippen LogP) is 1.68. The van der Waals surface area contributed by atoms with Gasteiger partial charge in [-0.25, -0.2) is 4.68 Å². The number of nitrogens with two attached hydrogens (primary N) is 1. The molecule has 0 aliphatic rings. The smallest absolute Gasteiger partial charge is 0.241 e. The van der Waals surface area contributed by atoms with E-state index < -0.39 is 5.91 Å². The molecule has 86 valence electrons. The molecule has 2 aromatic rings. The fourth-order valence-electron chi connectivity index (χ4n) is 1.59. The summed E-state index contributed by atoms with van der Waals surface area (Å²) in [6, 6.07) is 9.81. The lowest BCUT2D eigenvalue weighted by molar-refractivity contribution is -0.113. The van der Waals surface area contributed by atoms with E-state index in [2.05, 4.69) is 5.10 Å². The van der Waals surface area contributed by atoms with Crippen molar-refractivity contribution < 1.29 is 4.79 Å². The van der Waals surface area contributed by atoms with Crippen molar-refractivity contribution in [2.75, 3.05) is 0 Å². The Kier molecular flexibility index (Phi) is 3.05. The van der Waals surface area contributed by atoms with Gasteiger partial charge in [0.05, 0.1) is 11.9 Å². The number of carbonyl (C=O) groups is 1. The third-order valence-corrected chi connectivity index (χ3v) is 2.48. The van der Waals surface area contributed by atoms with Gasteiger partial charge in [-0.2, -0.15) is 5.10 Å². The van der Waals surface area contributed by atoms with Crippen LogP contribution in [0.5, 0.6) is 0 Å². The van der Waals surface area contributed by atoms with Crippen LogP contribution in [0.1, 0.15) is 11.3 Å². The zero-order valence-corrected chi connectivity index (χ0v) is 9.50. The molecule has 2 rings (SSSR count). The first-order chi connectivity index (χ1) is 8.18. The molecule has 4 nitrogen and oxygen atoms in total. The Balaban J connectivity index is 2.37. The molecule has 0 saturated carbocycles. The van der Waals surface area contributed by atoms with Crippen molar-refractivity contribution in [3.63, 3.8) is 0 Å². The van der Waals surface area contributed by atoms with Crippen LogP contribution in [0.3, 0.4) is 0 Å². The van der Waals surface area contributed by atoms with E-state index in [9.17, 15) is 4.79 Å². The van der Waals surface area contributed by atoms with Gasteiger partial charge in [0.15, 0.2) is 0 Å². The second-order valence-electron chi connectivity index (χ2n) is 3.67. The van der Waals surface area contributed by atoms with Gasteiger partial charge in [-0.3, -0.25) is 4.79 Å². The van der Waals surface area contributed by atoms with Crippen LogP contribution in [-0.4, -0.2) is 15.7 Å². The van der Waals surface area contributed by atoms with Gasteiger partial charge in [-0.1, -0.05) is 18.2 Å². The van der Waals surface area contributed by atoms with Gasteiger partial charge in [-0.15, -0.1) is 0 Å². The highest BCUT2D eigenvalue weighted by molar-refractivity contribution is 5.90. The van der Waals surface area contributed by atoms with Gasteiger partial charge in [0, 0.05) is 17.3 Å². The number of hydrogen-bond donors (Lipinski definition) is 1. The highest BCUT2D eigenvalue weighted by atomic mass is 16.1. The van der Waals surface area contributed by atoms with Gasteiger partial charge in [-0.05, 0) is 25.1 Å². The maximum Gasteiger partial charge on any atom is 0.241 e. The van der Waals surface area contributed by atoms with Crippen LogP contribution in [0.25, 0.3) is 11.8 Å². The second kappa shape index (κ2) is 4.65. The average molecular weight is 227 g/mol. The lowest BCUT2D eigenvalue weighted by Crippen LogP contribution is -2.05. The van der Waals surface area contributed by atoms with E-state index in [-0.39, 0.29) is 0 Å². The first kappa shape index (κ1) is 11.1. The molecule has 2 N–H and O–H groups in total. The molecule has 0 fully saturated rings. The maximum atomic E-state index is 10.7. The Hall–Kier alpha value is -2.36. The van der Waals surface area contributed by atoms with Crippen molar-refractivity contribution in [1.82, 2.24) is 9.78 Å². The van der Waals surface area contributed by atoms with Gasteiger partial charge in [0.2, 0.25) is 5.91 Å². The van der Waals surface area contributed by atoms with Crippen LogP contribution in [0.15, 0.2) is 42.6 Å². The van der Waals surface area contributed by atoms with E-state index in [0.29, 0.717) is 0 Å². The Labute approximate surface area is 99.4 Å². The molecule has 0 bridgehead atoms. The van der Waals surface area contributed by atoms with E-state index >= 15 is 0 Å². The lowest BCUT2D eigenvalue weighted by atomic mass is 10.2. The highest BCUT2D eigenvalue weighted by Crippen LogP contribution is 2.14.